The minimum Gasteiger partial charge on any atom is -0.509 e. The first-order chi connectivity index (χ1) is 22.6. The fourth-order valence-corrected chi connectivity index (χ4v) is 6.39. The van der Waals surface area contributed by atoms with E-state index >= 15 is 0 Å². The van der Waals surface area contributed by atoms with Gasteiger partial charge in [0.05, 0.1) is 5.69 Å². The van der Waals surface area contributed by atoms with Gasteiger partial charge in [0, 0.05) is 34.5 Å². The summed E-state index contributed by atoms with van der Waals surface area (Å²) in [4.78, 5) is 4.70. The van der Waals surface area contributed by atoms with E-state index in [0.717, 1.165) is 63.8 Å². The molecule has 0 aliphatic heterocycles. The molecular weight excluding hydrogens is 760 g/mol. The van der Waals surface area contributed by atoms with Crippen molar-refractivity contribution >= 4 is 21.8 Å². The summed E-state index contributed by atoms with van der Waals surface area (Å²) in [7, 11) is 0. The molecule has 3 heterocycles. The summed E-state index contributed by atoms with van der Waals surface area (Å²) in [5, 5.41) is 7.41. The Morgan fingerprint density at radius 3 is 2.38 bits per heavy atom. The van der Waals surface area contributed by atoms with Crippen LogP contribution in [0.15, 0.2) is 103 Å². The van der Waals surface area contributed by atoms with E-state index in [-0.39, 0.29) is 21.1 Å². The predicted molar refractivity (Wildman–Crippen MR) is 187 cm³/mol. The third kappa shape index (κ3) is 6.55. The van der Waals surface area contributed by atoms with Gasteiger partial charge in [0.2, 0.25) is 0 Å². The van der Waals surface area contributed by atoms with Gasteiger partial charge in [-0.3, -0.25) is 4.68 Å². The zero-order valence-electron chi connectivity index (χ0n) is 27.1. The van der Waals surface area contributed by atoms with Crippen LogP contribution in [0.1, 0.15) is 56.5 Å². The number of ether oxygens (including phenoxy) is 1. The average Bonchev–Trinajstić information content (AvgIpc) is 3.62. The summed E-state index contributed by atoms with van der Waals surface area (Å²) in [5.74, 6) is 2.10. The summed E-state index contributed by atoms with van der Waals surface area (Å²) in [6.07, 6.45) is 8.45. The molecule has 6 heteroatoms. The molecule has 238 valence electrons. The Labute approximate surface area is 291 Å². The number of aromatic nitrogens is 4. The van der Waals surface area contributed by atoms with Crippen LogP contribution in [0.4, 0.5) is 0 Å². The number of para-hydroxylation sites is 1. The van der Waals surface area contributed by atoms with E-state index in [9.17, 15) is 0 Å². The van der Waals surface area contributed by atoms with Crippen LogP contribution in [0.3, 0.4) is 0 Å². The van der Waals surface area contributed by atoms with Crippen molar-refractivity contribution in [1.29, 1.82) is 0 Å². The van der Waals surface area contributed by atoms with Crippen molar-refractivity contribution in [3.05, 3.63) is 132 Å². The van der Waals surface area contributed by atoms with E-state index in [1.165, 1.54) is 36.1 Å². The summed E-state index contributed by atoms with van der Waals surface area (Å²) in [6.45, 7) is 6.52. The Morgan fingerprint density at radius 1 is 0.766 bits per heavy atom. The van der Waals surface area contributed by atoms with Crippen LogP contribution in [-0.4, -0.2) is 19.3 Å². The monoisotopic (exact) mass is 797 g/mol. The van der Waals surface area contributed by atoms with Gasteiger partial charge in [-0.2, -0.15) is 17.2 Å². The van der Waals surface area contributed by atoms with Crippen molar-refractivity contribution in [2.75, 3.05) is 0 Å². The predicted octanol–water partition coefficient (Wildman–Crippen LogP) is 10.4. The molecule has 0 amide bonds. The third-order valence-corrected chi connectivity index (χ3v) is 8.61. The van der Waals surface area contributed by atoms with Crippen LogP contribution in [0.2, 0.25) is 0 Å². The van der Waals surface area contributed by atoms with E-state index in [1.54, 1.807) is 0 Å². The maximum Gasteiger partial charge on any atom is 2.00 e. The summed E-state index contributed by atoms with van der Waals surface area (Å²) < 4.78 is 10.7. The number of unbranched alkanes of at least 4 members (excludes halogenated alkanes) is 3. The Hall–Kier alpha value is -4.47. The van der Waals surface area contributed by atoms with E-state index in [1.807, 2.05) is 30.5 Å². The molecule has 7 aromatic rings. The topological polar surface area (TPSA) is 44.9 Å². The van der Waals surface area contributed by atoms with Gasteiger partial charge in [-0.05, 0) is 66.6 Å². The molecule has 0 bridgehead atoms. The number of aryl methyl sites for hydroxylation is 2. The molecule has 0 N–H and O–H groups in total. The fourth-order valence-electron chi connectivity index (χ4n) is 6.39. The van der Waals surface area contributed by atoms with Gasteiger partial charge in [0.25, 0.3) is 0 Å². The molecule has 4 aromatic carbocycles. The van der Waals surface area contributed by atoms with Crippen LogP contribution in [0, 0.1) is 19.1 Å². The number of hydrogen-bond acceptors (Lipinski definition) is 3. The average molecular weight is 798 g/mol. The van der Waals surface area contributed by atoms with Crippen LogP contribution < -0.4 is 4.74 Å². The molecule has 0 spiro atoms. The Bertz CT molecular complexity index is 2130. The Balaban J connectivity index is 0.00000386. The minimum atomic E-state index is 0. The van der Waals surface area contributed by atoms with E-state index in [4.69, 9.17) is 14.8 Å². The normalized spacial score (nSPS) is 11.2. The fraction of sp³-hybridized carbons (Fsp3) is 0.220. The largest absolute Gasteiger partial charge is 2.00 e. The molecule has 3 aromatic heterocycles. The molecule has 47 heavy (non-hydrogen) atoms. The van der Waals surface area contributed by atoms with Gasteiger partial charge in [-0.15, -0.1) is 35.7 Å². The van der Waals surface area contributed by atoms with E-state index in [0.29, 0.717) is 11.5 Å². The zero-order valence-corrected chi connectivity index (χ0v) is 29.3. The van der Waals surface area contributed by atoms with Crippen molar-refractivity contribution in [2.45, 2.75) is 59.3 Å². The van der Waals surface area contributed by atoms with Crippen molar-refractivity contribution in [1.82, 2.24) is 19.3 Å². The molecule has 0 radical (unpaired) electrons. The van der Waals surface area contributed by atoms with Gasteiger partial charge < -0.3 is 9.30 Å². The molecule has 0 fully saturated rings. The maximum absolute atomic E-state index is 6.47. The zero-order chi connectivity index (χ0) is 31.5. The van der Waals surface area contributed by atoms with Crippen LogP contribution in [-0.2, 0) is 33.9 Å². The molecule has 0 saturated heterocycles. The van der Waals surface area contributed by atoms with Crippen LogP contribution in [0.25, 0.3) is 44.4 Å². The molecule has 0 unspecified atom stereocenters. The second kappa shape index (κ2) is 14.5. The molecule has 0 atom stereocenters. The number of hydrogen-bond donors (Lipinski definition) is 0. The van der Waals surface area contributed by atoms with Gasteiger partial charge in [-0.1, -0.05) is 87.2 Å². The molecule has 7 rings (SSSR count). The molecular formula is C41H38N4OPt. The van der Waals surface area contributed by atoms with Gasteiger partial charge >= 0.3 is 21.1 Å². The van der Waals surface area contributed by atoms with Crippen molar-refractivity contribution in [2.24, 2.45) is 0 Å². The van der Waals surface area contributed by atoms with Crippen molar-refractivity contribution in [3.63, 3.8) is 0 Å². The Kier molecular flexibility index (Phi) is 10.0. The summed E-state index contributed by atoms with van der Waals surface area (Å²) in [6, 6.07) is 40.4. The minimum absolute atomic E-state index is 0. The van der Waals surface area contributed by atoms with Crippen LogP contribution in [0.5, 0.6) is 11.5 Å². The van der Waals surface area contributed by atoms with Crippen LogP contribution >= 0.6 is 0 Å². The molecule has 0 aliphatic carbocycles. The maximum atomic E-state index is 6.47. The number of rotatable bonds is 11. The SMILES string of the molecule is CCCCCCc1c(-c2ccccc2)c(CC)nn1-c1[c-]c(Oc2[c-]c3c(cc2)c2ccccc2n3-c2cc(C)ccn2)ccc1.[Pt+2]. The second-order valence-electron chi connectivity index (χ2n) is 11.8. The van der Waals surface area contributed by atoms with Crippen molar-refractivity contribution < 1.29 is 25.8 Å². The number of nitrogens with zero attached hydrogens (tertiary/aromatic N) is 4. The van der Waals surface area contributed by atoms with E-state index in [2.05, 4.69) is 115 Å². The third-order valence-electron chi connectivity index (χ3n) is 8.61. The van der Waals surface area contributed by atoms with Gasteiger partial charge in [-0.25, -0.2) is 4.98 Å². The number of pyridine rings is 1. The van der Waals surface area contributed by atoms with E-state index < -0.39 is 0 Å². The second-order valence-corrected chi connectivity index (χ2v) is 11.8. The molecule has 0 saturated carbocycles. The molecule has 0 aliphatic rings. The first-order valence-corrected chi connectivity index (χ1v) is 16.4. The number of fused-ring (bicyclic) bond motifs is 3. The smallest absolute Gasteiger partial charge is 0.509 e. The summed E-state index contributed by atoms with van der Waals surface area (Å²) >= 11 is 0. The quantitative estimate of drug-likeness (QED) is 0.0968. The van der Waals surface area contributed by atoms with Gasteiger partial charge in [0.1, 0.15) is 5.82 Å². The standard InChI is InChI=1S/C41H38N4O.Pt/c1-4-6-7-11-21-38-41(30-15-9-8-10-16-30)36(5-2)43-45(38)31-17-14-18-32(27-31)46-33-22-23-35-34-19-12-13-20-37(34)44(39(35)28-33)40-26-29(3)24-25-42-40;/h8-10,12-20,22-26H,4-7,11,21H2,1-3H3;/q-2;+2. The van der Waals surface area contributed by atoms with Crippen molar-refractivity contribution in [3.8, 4) is 34.1 Å². The van der Waals surface area contributed by atoms with Gasteiger partial charge in [0.15, 0.2) is 0 Å². The Morgan fingerprint density at radius 2 is 1.57 bits per heavy atom. The molecule has 5 nitrogen and oxygen atoms in total. The first-order valence-electron chi connectivity index (χ1n) is 16.4. The summed E-state index contributed by atoms with van der Waals surface area (Å²) in [5.41, 5.74) is 8.83. The number of benzene rings is 4. The first kappa shape index (κ1) is 32.5.